The van der Waals surface area contributed by atoms with Crippen LogP contribution in [0.15, 0.2) is 0 Å². The molecule has 3 heteroatoms. The van der Waals surface area contributed by atoms with Gasteiger partial charge in [-0.1, -0.05) is 19.8 Å². The predicted octanol–water partition coefficient (Wildman–Crippen LogP) is 1.31. The van der Waals surface area contributed by atoms with Crippen LogP contribution in [0.1, 0.15) is 39.0 Å². The Labute approximate surface area is 86.8 Å². The van der Waals surface area contributed by atoms with Crippen LogP contribution in [0.3, 0.4) is 0 Å². The first-order valence-electron chi connectivity index (χ1n) is 5.78. The molecule has 0 amide bonds. The van der Waals surface area contributed by atoms with Crippen molar-refractivity contribution in [2.45, 2.75) is 44.6 Å². The zero-order chi connectivity index (χ0) is 10.3. The summed E-state index contributed by atoms with van der Waals surface area (Å²) in [5.74, 6) is 0. The van der Waals surface area contributed by atoms with Crippen molar-refractivity contribution in [3.63, 3.8) is 0 Å². The van der Waals surface area contributed by atoms with Gasteiger partial charge in [0.1, 0.15) is 0 Å². The quantitative estimate of drug-likeness (QED) is 0.637. The number of piperidine rings is 1. The Morgan fingerprint density at radius 2 is 2.00 bits per heavy atom. The van der Waals surface area contributed by atoms with Gasteiger partial charge in [0.25, 0.3) is 0 Å². The molecule has 0 aliphatic carbocycles. The smallest absolute Gasteiger partial charge is 0.0904 e. The summed E-state index contributed by atoms with van der Waals surface area (Å²) in [6.45, 7) is 5.31. The standard InChI is InChI=1S/C11H23NO2/c1-2-3-4-9-14-10-11(13)5-7-12-8-6-11/h12-13H,2-10H2,1H3. The molecule has 0 spiro atoms. The van der Waals surface area contributed by atoms with Gasteiger partial charge in [-0.2, -0.15) is 0 Å². The van der Waals surface area contributed by atoms with Crippen molar-refractivity contribution in [1.82, 2.24) is 5.32 Å². The van der Waals surface area contributed by atoms with Gasteiger partial charge in [0, 0.05) is 6.61 Å². The molecule has 0 aromatic carbocycles. The van der Waals surface area contributed by atoms with Crippen LogP contribution in [0.5, 0.6) is 0 Å². The molecule has 2 N–H and O–H groups in total. The molecule has 3 nitrogen and oxygen atoms in total. The molecule has 0 aromatic heterocycles. The number of nitrogens with one attached hydrogen (secondary N) is 1. The highest BCUT2D eigenvalue weighted by atomic mass is 16.5. The van der Waals surface area contributed by atoms with Crippen LogP contribution in [0, 0.1) is 0 Å². The first-order chi connectivity index (χ1) is 6.77. The van der Waals surface area contributed by atoms with Crippen LogP contribution in [0.2, 0.25) is 0 Å². The maximum atomic E-state index is 10.1. The maximum Gasteiger partial charge on any atom is 0.0904 e. The molecule has 1 saturated heterocycles. The van der Waals surface area contributed by atoms with Gasteiger partial charge in [0.15, 0.2) is 0 Å². The minimum Gasteiger partial charge on any atom is -0.387 e. The van der Waals surface area contributed by atoms with Crippen molar-refractivity contribution < 1.29 is 9.84 Å². The normalized spacial score (nSPS) is 21.0. The average Bonchev–Trinajstić information content (AvgIpc) is 2.18. The molecule has 14 heavy (non-hydrogen) atoms. The number of rotatable bonds is 6. The molecule has 0 unspecified atom stereocenters. The molecule has 1 heterocycles. The molecule has 0 bridgehead atoms. The lowest BCUT2D eigenvalue weighted by molar-refractivity contribution is -0.0645. The Morgan fingerprint density at radius 1 is 1.29 bits per heavy atom. The van der Waals surface area contributed by atoms with Crippen molar-refractivity contribution in [2.24, 2.45) is 0 Å². The number of hydrogen-bond acceptors (Lipinski definition) is 3. The summed E-state index contributed by atoms with van der Waals surface area (Å²) in [6.07, 6.45) is 5.20. The van der Waals surface area contributed by atoms with Crippen LogP contribution < -0.4 is 5.32 Å². The van der Waals surface area contributed by atoms with E-state index in [1.165, 1.54) is 12.8 Å². The summed E-state index contributed by atoms with van der Waals surface area (Å²) >= 11 is 0. The second-order valence-electron chi connectivity index (χ2n) is 4.23. The third-order valence-electron chi connectivity index (χ3n) is 2.80. The SMILES string of the molecule is CCCCCOCC1(O)CCNCC1. The van der Waals surface area contributed by atoms with Crippen LogP contribution in [0.4, 0.5) is 0 Å². The summed E-state index contributed by atoms with van der Waals surface area (Å²) in [5.41, 5.74) is -0.558. The van der Waals surface area contributed by atoms with Gasteiger partial charge in [0.05, 0.1) is 12.2 Å². The van der Waals surface area contributed by atoms with Crippen molar-refractivity contribution in [3.05, 3.63) is 0 Å². The molecule has 0 saturated carbocycles. The topological polar surface area (TPSA) is 41.5 Å². The van der Waals surface area contributed by atoms with Crippen molar-refractivity contribution in [3.8, 4) is 0 Å². The molecule has 1 fully saturated rings. The minimum absolute atomic E-state index is 0.512. The van der Waals surface area contributed by atoms with Gasteiger partial charge in [-0.05, 0) is 32.4 Å². The van der Waals surface area contributed by atoms with E-state index in [9.17, 15) is 5.11 Å². The highest BCUT2D eigenvalue weighted by Gasteiger charge is 2.28. The van der Waals surface area contributed by atoms with Crippen LogP contribution in [-0.2, 0) is 4.74 Å². The fourth-order valence-electron chi connectivity index (χ4n) is 1.75. The predicted molar refractivity (Wildman–Crippen MR) is 57.4 cm³/mol. The first-order valence-corrected chi connectivity index (χ1v) is 5.78. The minimum atomic E-state index is -0.558. The molecule has 1 aliphatic rings. The Morgan fingerprint density at radius 3 is 2.64 bits per heavy atom. The van der Waals surface area contributed by atoms with Gasteiger partial charge in [-0.3, -0.25) is 0 Å². The van der Waals surface area contributed by atoms with E-state index < -0.39 is 5.60 Å². The lowest BCUT2D eigenvalue weighted by Gasteiger charge is -2.32. The first kappa shape index (κ1) is 12.0. The Kier molecular flexibility index (Phi) is 5.45. The zero-order valence-electron chi connectivity index (χ0n) is 9.22. The van der Waals surface area contributed by atoms with Crippen molar-refractivity contribution in [2.75, 3.05) is 26.3 Å². The molecule has 0 aromatic rings. The van der Waals surface area contributed by atoms with Crippen molar-refractivity contribution in [1.29, 1.82) is 0 Å². The van der Waals surface area contributed by atoms with E-state index in [4.69, 9.17) is 4.74 Å². The Balaban J connectivity index is 2.03. The second-order valence-corrected chi connectivity index (χ2v) is 4.23. The maximum absolute atomic E-state index is 10.1. The summed E-state index contributed by atoms with van der Waals surface area (Å²) in [6, 6.07) is 0. The van der Waals surface area contributed by atoms with E-state index in [1.54, 1.807) is 0 Å². The van der Waals surface area contributed by atoms with Gasteiger partial charge >= 0.3 is 0 Å². The lowest BCUT2D eigenvalue weighted by atomic mass is 9.94. The monoisotopic (exact) mass is 201 g/mol. The van der Waals surface area contributed by atoms with E-state index in [0.717, 1.165) is 39.0 Å². The van der Waals surface area contributed by atoms with E-state index >= 15 is 0 Å². The summed E-state index contributed by atoms with van der Waals surface area (Å²) in [7, 11) is 0. The number of aliphatic hydroxyl groups is 1. The molecular weight excluding hydrogens is 178 g/mol. The fraction of sp³-hybridized carbons (Fsp3) is 1.00. The lowest BCUT2D eigenvalue weighted by Crippen LogP contribution is -2.45. The van der Waals surface area contributed by atoms with Crippen LogP contribution >= 0.6 is 0 Å². The van der Waals surface area contributed by atoms with Gasteiger partial charge in [-0.15, -0.1) is 0 Å². The van der Waals surface area contributed by atoms with Crippen molar-refractivity contribution >= 4 is 0 Å². The van der Waals surface area contributed by atoms with Crippen LogP contribution in [0.25, 0.3) is 0 Å². The molecule has 1 rings (SSSR count). The molecule has 0 radical (unpaired) electrons. The molecule has 84 valence electrons. The molecule has 0 atom stereocenters. The Bertz CT molecular complexity index is 144. The number of unbranched alkanes of at least 4 members (excludes halogenated alkanes) is 2. The number of ether oxygens (including phenoxy) is 1. The van der Waals surface area contributed by atoms with E-state index in [-0.39, 0.29) is 0 Å². The van der Waals surface area contributed by atoms with Gasteiger partial charge in [-0.25, -0.2) is 0 Å². The third kappa shape index (κ3) is 4.40. The zero-order valence-corrected chi connectivity index (χ0v) is 9.22. The summed E-state index contributed by atoms with van der Waals surface area (Å²) in [5, 5.41) is 13.3. The van der Waals surface area contributed by atoms with E-state index in [0.29, 0.717) is 6.61 Å². The summed E-state index contributed by atoms with van der Waals surface area (Å²) < 4.78 is 5.50. The summed E-state index contributed by atoms with van der Waals surface area (Å²) in [4.78, 5) is 0. The highest BCUT2D eigenvalue weighted by molar-refractivity contribution is 4.83. The highest BCUT2D eigenvalue weighted by Crippen LogP contribution is 2.18. The average molecular weight is 201 g/mol. The second kappa shape index (κ2) is 6.38. The van der Waals surface area contributed by atoms with E-state index in [2.05, 4.69) is 12.2 Å². The largest absolute Gasteiger partial charge is 0.387 e. The van der Waals surface area contributed by atoms with Crippen LogP contribution in [-0.4, -0.2) is 37.0 Å². The van der Waals surface area contributed by atoms with Gasteiger partial charge < -0.3 is 15.2 Å². The van der Waals surface area contributed by atoms with Gasteiger partial charge in [0.2, 0.25) is 0 Å². The third-order valence-corrected chi connectivity index (χ3v) is 2.80. The number of hydrogen-bond donors (Lipinski definition) is 2. The molecule has 1 aliphatic heterocycles. The molecular formula is C11H23NO2. The Hall–Kier alpha value is -0.120. The fourth-order valence-corrected chi connectivity index (χ4v) is 1.75. The van der Waals surface area contributed by atoms with E-state index in [1.807, 2.05) is 0 Å².